The number of amides is 2. The number of hydrogen-bond acceptors (Lipinski definition) is 2. The Hall–Kier alpha value is -0.880. The molecule has 0 unspecified atom stereocenters. The second-order valence-corrected chi connectivity index (χ2v) is 5.58. The predicted octanol–water partition coefficient (Wildman–Crippen LogP) is 2.42. The summed E-state index contributed by atoms with van der Waals surface area (Å²) in [4.78, 5) is 24.9. The molecule has 0 aliphatic heterocycles. The van der Waals surface area contributed by atoms with E-state index >= 15 is 0 Å². The number of benzene rings is 1. The maximum atomic E-state index is 11.8. The van der Waals surface area contributed by atoms with Crippen LogP contribution in [0.5, 0.6) is 0 Å². The summed E-state index contributed by atoms with van der Waals surface area (Å²) in [7, 11) is 1.70. The van der Waals surface area contributed by atoms with Gasteiger partial charge in [-0.3, -0.25) is 9.59 Å². The molecule has 98 valence electrons. The van der Waals surface area contributed by atoms with Gasteiger partial charge in [0.15, 0.2) is 0 Å². The van der Waals surface area contributed by atoms with Crippen LogP contribution >= 0.6 is 31.9 Å². The van der Waals surface area contributed by atoms with Gasteiger partial charge < -0.3 is 10.2 Å². The van der Waals surface area contributed by atoms with Gasteiger partial charge >= 0.3 is 0 Å². The smallest absolute Gasteiger partial charge is 0.251 e. The maximum Gasteiger partial charge on any atom is 0.251 e. The number of nitrogens with one attached hydrogen (secondary N) is 1. The van der Waals surface area contributed by atoms with Gasteiger partial charge in [0.1, 0.15) is 0 Å². The van der Waals surface area contributed by atoms with E-state index in [0.717, 1.165) is 8.95 Å². The van der Waals surface area contributed by atoms with E-state index in [4.69, 9.17) is 0 Å². The Bertz CT molecular complexity index is 443. The molecule has 0 aliphatic carbocycles. The fraction of sp³-hybridized carbons (Fsp3) is 0.333. The highest BCUT2D eigenvalue weighted by molar-refractivity contribution is 9.11. The Labute approximate surface area is 123 Å². The molecule has 0 aliphatic rings. The molecule has 0 heterocycles. The topological polar surface area (TPSA) is 49.4 Å². The average Bonchev–Trinajstić information content (AvgIpc) is 2.33. The fourth-order valence-corrected chi connectivity index (χ4v) is 2.55. The molecule has 0 radical (unpaired) electrons. The Kier molecular flexibility index (Phi) is 5.81. The monoisotopic (exact) mass is 376 g/mol. The molecule has 6 heteroatoms. The zero-order valence-electron chi connectivity index (χ0n) is 10.2. The molecule has 1 aromatic rings. The summed E-state index contributed by atoms with van der Waals surface area (Å²) in [6.07, 6.45) is 0. The minimum absolute atomic E-state index is 0.00725. The zero-order valence-corrected chi connectivity index (χ0v) is 13.3. The predicted molar refractivity (Wildman–Crippen MR) is 77.5 cm³/mol. The Morgan fingerprint density at radius 2 is 1.78 bits per heavy atom. The second-order valence-electron chi connectivity index (χ2n) is 3.75. The Balaban J connectivity index is 2.63. The van der Waals surface area contributed by atoms with E-state index in [1.165, 1.54) is 0 Å². The van der Waals surface area contributed by atoms with Gasteiger partial charge in [-0.15, -0.1) is 0 Å². The molecule has 0 saturated carbocycles. The van der Waals surface area contributed by atoms with E-state index in [0.29, 0.717) is 12.1 Å². The molecule has 0 bridgehead atoms. The number of carbonyl (C=O) groups excluding carboxylic acids is 2. The summed E-state index contributed by atoms with van der Waals surface area (Å²) in [6.45, 7) is 2.51. The van der Waals surface area contributed by atoms with E-state index in [-0.39, 0.29) is 18.4 Å². The molecule has 1 rings (SSSR count). The summed E-state index contributed by atoms with van der Waals surface area (Å²) in [5.41, 5.74) is 0.503. The molecule has 1 N–H and O–H groups in total. The van der Waals surface area contributed by atoms with Gasteiger partial charge in [-0.2, -0.15) is 0 Å². The van der Waals surface area contributed by atoms with Crippen LogP contribution in [0.2, 0.25) is 0 Å². The first-order chi connectivity index (χ1) is 8.43. The van der Waals surface area contributed by atoms with Crippen molar-refractivity contribution < 1.29 is 9.59 Å². The van der Waals surface area contributed by atoms with Gasteiger partial charge in [0.25, 0.3) is 5.91 Å². The second kappa shape index (κ2) is 6.89. The van der Waals surface area contributed by atoms with Gasteiger partial charge in [0.2, 0.25) is 5.91 Å². The Morgan fingerprint density at radius 3 is 2.28 bits per heavy atom. The van der Waals surface area contributed by atoms with Crippen molar-refractivity contribution in [3.05, 3.63) is 32.7 Å². The lowest BCUT2D eigenvalue weighted by Gasteiger charge is -2.14. The molecule has 2 amide bonds. The van der Waals surface area contributed by atoms with Crippen molar-refractivity contribution in [1.29, 1.82) is 0 Å². The zero-order chi connectivity index (χ0) is 13.7. The summed E-state index contributed by atoms with van der Waals surface area (Å²) in [6, 6.07) is 5.25. The third kappa shape index (κ3) is 4.42. The highest BCUT2D eigenvalue weighted by Crippen LogP contribution is 2.19. The number of hydrogen-bond donors (Lipinski definition) is 1. The fourth-order valence-electron chi connectivity index (χ4n) is 1.25. The van der Waals surface area contributed by atoms with E-state index < -0.39 is 0 Å². The standard InChI is InChI=1S/C12H14Br2N2O2/c1-3-16(2)11(17)7-15-12(18)8-4-9(13)6-10(14)5-8/h4-6H,3,7H2,1-2H3,(H,15,18). The molecule has 0 fully saturated rings. The summed E-state index contributed by atoms with van der Waals surface area (Å²) >= 11 is 6.62. The van der Waals surface area contributed by atoms with Crippen LogP contribution in [0.3, 0.4) is 0 Å². The van der Waals surface area contributed by atoms with E-state index in [9.17, 15) is 9.59 Å². The summed E-state index contributed by atoms with van der Waals surface area (Å²) < 4.78 is 1.61. The first-order valence-corrected chi connectivity index (χ1v) is 7.01. The minimum Gasteiger partial charge on any atom is -0.345 e. The number of likely N-dealkylation sites (N-methyl/N-ethyl adjacent to an activating group) is 1. The third-order valence-corrected chi connectivity index (χ3v) is 3.34. The van der Waals surface area contributed by atoms with Crippen molar-refractivity contribution >= 4 is 43.7 Å². The molecule has 4 nitrogen and oxygen atoms in total. The van der Waals surface area contributed by atoms with Gasteiger partial charge in [0, 0.05) is 28.1 Å². The van der Waals surface area contributed by atoms with Crippen LogP contribution in [0.25, 0.3) is 0 Å². The highest BCUT2D eigenvalue weighted by Gasteiger charge is 2.11. The van der Waals surface area contributed by atoms with Crippen LogP contribution in [0.15, 0.2) is 27.1 Å². The molecular weight excluding hydrogens is 364 g/mol. The van der Waals surface area contributed by atoms with Crippen molar-refractivity contribution in [1.82, 2.24) is 10.2 Å². The molecule has 0 spiro atoms. The quantitative estimate of drug-likeness (QED) is 0.875. The van der Waals surface area contributed by atoms with E-state index in [1.54, 1.807) is 24.1 Å². The lowest BCUT2D eigenvalue weighted by molar-refractivity contribution is -0.128. The Morgan fingerprint density at radius 1 is 1.22 bits per heavy atom. The normalized spacial score (nSPS) is 10.0. The number of rotatable bonds is 4. The van der Waals surface area contributed by atoms with Crippen molar-refractivity contribution in [2.24, 2.45) is 0 Å². The minimum atomic E-state index is -0.269. The number of nitrogens with zero attached hydrogens (tertiary/aromatic N) is 1. The van der Waals surface area contributed by atoms with Crippen LogP contribution in [-0.2, 0) is 4.79 Å². The van der Waals surface area contributed by atoms with Crippen molar-refractivity contribution in [2.75, 3.05) is 20.1 Å². The van der Waals surface area contributed by atoms with Crippen LogP contribution < -0.4 is 5.32 Å². The first-order valence-electron chi connectivity index (χ1n) is 5.42. The highest BCUT2D eigenvalue weighted by atomic mass is 79.9. The van der Waals surface area contributed by atoms with Gasteiger partial charge in [-0.05, 0) is 25.1 Å². The molecule has 0 saturated heterocycles. The number of halogens is 2. The molecule has 0 aromatic heterocycles. The lowest BCUT2D eigenvalue weighted by atomic mass is 10.2. The van der Waals surface area contributed by atoms with Gasteiger partial charge in [-0.25, -0.2) is 0 Å². The molecular formula is C12H14Br2N2O2. The summed E-state index contributed by atoms with van der Waals surface area (Å²) in [5.74, 6) is -0.380. The van der Waals surface area contributed by atoms with Crippen molar-refractivity contribution in [2.45, 2.75) is 6.92 Å². The van der Waals surface area contributed by atoms with Gasteiger partial charge in [-0.1, -0.05) is 31.9 Å². The van der Waals surface area contributed by atoms with Crippen LogP contribution in [0.1, 0.15) is 17.3 Å². The first kappa shape index (κ1) is 15.2. The SMILES string of the molecule is CCN(C)C(=O)CNC(=O)c1cc(Br)cc(Br)c1. The number of carbonyl (C=O) groups is 2. The summed E-state index contributed by atoms with van der Waals surface area (Å²) in [5, 5.41) is 2.60. The van der Waals surface area contributed by atoms with E-state index in [1.807, 2.05) is 13.0 Å². The van der Waals surface area contributed by atoms with E-state index in [2.05, 4.69) is 37.2 Å². The maximum absolute atomic E-state index is 11.8. The van der Waals surface area contributed by atoms with Crippen LogP contribution in [0.4, 0.5) is 0 Å². The van der Waals surface area contributed by atoms with Gasteiger partial charge in [0.05, 0.1) is 6.54 Å². The van der Waals surface area contributed by atoms with Crippen LogP contribution in [-0.4, -0.2) is 36.9 Å². The van der Waals surface area contributed by atoms with Crippen molar-refractivity contribution in [3.8, 4) is 0 Å². The molecule has 0 atom stereocenters. The lowest BCUT2D eigenvalue weighted by Crippen LogP contribution is -2.37. The molecule has 18 heavy (non-hydrogen) atoms. The average molecular weight is 378 g/mol. The van der Waals surface area contributed by atoms with Crippen molar-refractivity contribution in [3.63, 3.8) is 0 Å². The molecule has 1 aromatic carbocycles. The third-order valence-electron chi connectivity index (χ3n) is 2.43. The van der Waals surface area contributed by atoms with Crippen LogP contribution in [0, 0.1) is 0 Å². The largest absolute Gasteiger partial charge is 0.345 e.